The predicted octanol–water partition coefficient (Wildman–Crippen LogP) is 1.57. The number of carbonyl (C=O) groups excluding carboxylic acids is 1. The minimum absolute atomic E-state index is 0.148. The smallest absolute Gasteiger partial charge is 0.248 e. The number of nitrogens with one attached hydrogen (secondary N) is 1. The van der Waals surface area contributed by atoms with Crippen molar-refractivity contribution < 1.29 is 14.3 Å². The van der Waals surface area contributed by atoms with Crippen LogP contribution >= 0.6 is 0 Å². The van der Waals surface area contributed by atoms with Gasteiger partial charge in [0.15, 0.2) is 0 Å². The van der Waals surface area contributed by atoms with Gasteiger partial charge in [0, 0.05) is 17.7 Å². The molecule has 1 fully saturated rings. The third-order valence-corrected chi connectivity index (χ3v) is 3.90. The summed E-state index contributed by atoms with van der Waals surface area (Å²) in [5.41, 5.74) is 5.82. The van der Waals surface area contributed by atoms with Crippen molar-refractivity contribution in [3.05, 3.63) is 35.1 Å². The third kappa shape index (κ3) is 4.02. The molecule has 1 aliphatic carbocycles. The van der Waals surface area contributed by atoms with Gasteiger partial charge in [-0.05, 0) is 50.3 Å². The molecule has 0 radical (unpaired) electrons. The van der Waals surface area contributed by atoms with Gasteiger partial charge in [0.25, 0.3) is 0 Å². The fraction of sp³-hybridized carbons (Fsp3) is 0.533. The van der Waals surface area contributed by atoms with Gasteiger partial charge in [0.2, 0.25) is 5.91 Å². The minimum Gasteiger partial charge on any atom is -0.393 e. The molecule has 0 bridgehead atoms. The quantitative estimate of drug-likeness (QED) is 0.766. The van der Waals surface area contributed by atoms with Crippen LogP contribution in [-0.2, 0) is 6.54 Å². The second kappa shape index (κ2) is 6.81. The minimum atomic E-state index is -0.621. The Morgan fingerprint density at radius 2 is 2.05 bits per heavy atom. The highest BCUT2D eigenvalue weighted by Crippen LogP contribution is 2.23. The van der Waals surface area contributed by atoms with Crippen molar-refractivity contribution in [2.45, 2.75) is 38.3 Å². The summed E-state index contributed by atoms with van der Waals surface area (Å²) in [5, 5.41) is 12.7. The molecule has 1 aromatic rings. The molecule has 20 heavy (non-hydrogen) atoms. The van der Waals surface area contributed by atoms with Crippen molar-refractivity contribution in [1.29, 1.82) is 0 Å². The molecule has 0 unspecified atom stereocenters. The van der Waals surface area contributed by atoms with Gasteiger partial charge >= 0.3 is 0 Å². The monoisotopic (exact) mass is 280 g/mol. The molecule has 5 heteroatoms. The lowest BCUT2D eigenvalue weighted by molar-refractivity contribution is 0.0999. The molecule has 0 aliphatic heterocycles. The van der Waals surface area contributed by atoms with E-state index in [1.807, 2.05) is 0 Å². The van der Waals surface area contributed by atoms with Crippen LogP contribution < -0.4 is 11.1 Å². The van der Waals surface area contributed by atoms with E-state index in [1.54, 1.807) is 12.1 Å². The highest BCUT2D eigenvalue weighted by atomic mass is 19.1. The summed E-state index contributed by atoms with van der Waals surface area (Å²) in [7, 11) is 0. The fourth-order valence-electron chi connectivity index (χ4n) is 2.60. The molecule has 1 amide bonds. The molecule has 1 saturated carbocycles. The van der Waals surface area contributed by atoms with Crippen LogP contribution in [0.25, 0.3) is 0 Å². The number of rotatable bonds is 5. The summed E-state index contributed by atoms with van der Waals surface area (Å²) >= 11 is 0. The molecule has 0 aromatic heterocycles. The second-order valence-electron chi connectivity index (χ2n) is 5.48. The molecule has 4 N–H and O–H groups in total. The Bertz CT molecular complexity index is 471. The Balaban J connectivity index is 1.81. The predicted molar refractivity (Wildman–Crippen MR) is 74.6 cm³/mol. The van der Waals surface area contributed by atoms with Gasteiger partial charge in [-0.2, -0.15) is 0 Å². The average Bonchev–Trinajstić information content (AvgIpc) is 2.42. The first-order valence-electron chi connectivity index (χ1n) is 7.03. The van der Waals surface area contributed by atoms with E-state index in [2.05, 4.69) is 5.32 Å². The van der Waals surface area contributed by atoms with Crippen molar-refractivity contribution in [1.82, 2.24) is 5.32 Å². The zero-order valence-corrected chi connectivity index (χ0v) is 11.4. The number of aliphatic hydroxyl groups is 1. The van der Waals surface area contributed by atoms with E-state index in [-0.39, 0.29) is 11.7 Å². The summed E-state index contributed by atoms with van der Waals surface area (Å²) in [5.74, 6) is -0.483. The largest absolute Gasteiger partial charge is 0.393 e. The summed E-state index contributed by atoms with van der Waals surface area (Å²) in [6.07, 6.45) is 3.58. The summed E-state index contributed by atoms with van der Waals surface area (Å²) in [6.45, 7) is 1.26. The maximum Gasteiger partial charge on any atom is 0.248 e. The van der Waals surface area contributed by atoms with Crippen molar-refractivity contribution in [3.8, 4) is 0 Å². The van der Waals surface area contributed by atoms with Gasteiger partial charge in [-0.25, -0.2) is 4.39 Å². The lowest BCUT2D eigenvalue weighted by Gasteiger charge is -2.25. The number of halogens is 1. The van der Waals surface area contributed by atoms with Crippen LogP contribution in [0.15, 0.2) is 18.2 Å². The Kier molecular flexibility index (Phi) is 5.09. The van der Waals surface area contributed by atoms with Gasteiger partial charge < -0.3 is 16.2 Å². The maximum absolute atomic E-state index is 13.7. The van der Waals surface area contributed by atoms with Crippen LogP contribution in [0.4, 0.5) is 4.39 Å². The Hall–Kier alpha value is -1.46. The number of hydrogen-bond acceptors (Lipinski definition) is 3. The summed E-state index contributed by atoms with van der Waals surface area (Å²) < 4.78 is 13.7. The highest BCUT2D eigenvalue weighted by molar-refractivity contribution is 5.92. The molecule has 2 rings (SSSR count). The van der Waals surface area contributed by atoms with E-state index < -0.39 is 11.7 Å². The zero-order valence-electron chi connectivity index (χ0n) is 11.4. The van der Waals surface area contributed by atoms with Crippen LogP contribution in [0.5, 0.6) is 0 Å². The number of carbonyl (C=O) groups is 1. The summed E-state index contributed by atoms with van der Waals surface area (Å²) in [4.78, 5) is 10.9. The van der Waals surface area contributed by atoms with Crippen LogP contribution in [0.2, 0.25) is 0 Å². The second-order valence-corrected chi connectivity index (χ2v) is 5.48. The van der Waals surface area contributed by atoms with Crippen LogP contribution in [-0.4, -0.2) is 23.7 Å². The van der Waals surface area contributed by atoms with Crippen molar-refractivity contribution in [2.24, 2.45) is 11.7 Å². The lowest BCUT2D eigenvalue weighted by atomic mass is 9.87. The summed E-state index contributed by atoms with van der Waals surface area (Å²) in [6, 6.07) is 4.31. The molecule has 0 heterocycles. The SMILES string of the molecule is NC(=O)c1ccc(CNCC2CCC(O)CC2)c(F)c1. The Labute approximate surface area is 118 Å². The van der Waals surface area contributed by atoms with E-state index in [4.69, 9.17) is 5.73 Å². The normalized spacial score (nSPS) is 22.7. The maximum atomic E-state index is 13.7. The molecule has 4 nitrogen and oxygen atoms in total. The standard InChI is InChI=1S/C15H21FN2O2/c16-14-7-11(15(17)20)3-4-12(14)9-18-8-10-1-5-13(19)6-2-10/h3-4,7,10,13,18-19H,1-2,5-6,8-9H2,(H2,17,20). The fourth-order valence-corrected chi connectivity index (χ4v) is 2.60. The Morgan fingerprint density at radius 1 is 1.35 bits per heavy atom. The van der Waals surface area contributed by atoms with Crippen LogP contribution in [0, 0.1) is 11.7 Å². The van der Waals surface area contributed by atoms with E-state index in [0.717, 1.165) is 32.2 Å². The third-order valence-electron chi connectivity index (χ3n) is 3.90. The lowest BCUT2D eigenvalue weighted by Crippen LogP contribution is -2.28. The van der Waals surface area contributed by atoms with E-state index in [1.165, 1.54) is 6.07 Å². The average molecular weight is 280 g/mol. The molecular weight excluding hydrogens is 259 g/mol. The molecular formula is C15H21FN2O2. The van der Waals surface area contributed by atoms with Crippen molar-refractivity contribution in [3.63, 3.8) is 0 Å². The first-order chi connectivity index (χ1) is 9.56. The molecule has 1 aliphatic rings. The molecule has 110 valence electrons. The first-order valence-corrected chi connectivity index (χ1v) is 7.03. The van der Waals surface area contributed by atoms with Gasteiger partial charge in [-0.3, -0.25) is 4.79 Å². The van der Waals surface area contributed by atoms with Crippen molar-refractivity contribution in [2.75, 3.05) is 6.54 Å². The van der Waals surface area contributed by atoms with E-state index in [0.29, 0.717) is 18.0 Å². The molecule has 0 atom stereocenters. The Morgan fingerprint density at radius 3 is 2.65 bits per heavy atom. The van der Waals surface area contributed by atoms with Gasteiger partial charge in [-0.15, -0.1) is 0 Å². The van der Waals surface area contributed by atoms with Gasteiger partial charge in [-0.1, -0.05) is 6.07 Å². The van der Waals surface area contributed by atoms with E-state index in [9.17, 15) is 14.3 Å². The van der Waals surface area contributed by atoms with Gasteiger partial charge in [0.05, 0.1) is 6.10 Å². The molecule has 1 aromatic carbocycles. The molecule has 0 spiro atoms. The topological polar surface area (TPSA) is 75.4 Å². The first kappa shape index (κ1) is 14.9. The van der Waals surface area contributed by atoms with Crippen LogP contribution in [0.3, 0.4) is 0 Å². The van der Waals surface area contributed by atoms with Crippen LogP contribution in [0.1, 0.15) is 41.6 Å². The highest BCUT2D eigenvalue weighted by Gasteiger charge is 2.18. The number of amides is 1. The number of aliphatic hydroxyl groups excluding tert-OH is 1. The zero-order chi connectivity index (χ0) is 14.5. The van der Waals surface area contributed by atoms with E-state index >= 15 is 0 Å². The number of benzene rings is 1. The van der Waals surface area contributed by atoms with Crippen molar-refractivity contribution >= 4 is 5.91 Å². The number of nitrogens with two attached hydrogens (primary N) is 1. The van der Waals surface area contributed by atoms with Gasteiger partial charge in [0.1, 0.15) is 5.82 Å². The number of hydrogen-bond donors (Lipinski definition) is 3. The number of primary amides is 1. The molecule has 0 saturated heterocycles.